The van der Waals surface area contributed by atoms with Crippen molar-refractivity contribution in [1.29, 1.82) is 0 Å². The molecule has 0 heterocycles. The summed E-state index contributed by atoms with van der Waals surface area (Å²) in [5, 5.41) is 0. The SMILES string of the molecule is C=COCCCCCCCCCCCCCCCCC(C)C. The molecule has 0 aliphatic rings. The van der Waals surface area contributed by atoms with Crippen LogP contribution in [-0.2, 0) is 4.74 Å². The highest BCUT2D eigenvalue weighted by atomic mass is 16.5. The van der Waals surface area contributed by atoms with Crippen molar-refractivity contribution in [3.8, 4) is 0 Å². The van der Waals surface area contributed by atoms with Gasteiger partial charge in [0.1, 0.15) is 0 Å². The Morgan fingerprint density at radius 1 is 0.636 bits per heavy atom. The fourth-order valence-corrected chi connectivity index (χ4v) is 2.94. The minimum Gasteiger partial charge on any atom is -0.502 e. The minimum atomic E-state index is 0.848. The average Bonchev–Trinajstić information content (AvgIpc) is 2.50. The molecule has 0 aliphatic heterocycles. The van der Waals surface area contributed by atoms with Crippen LogP contribution in [0.3, 0.4) is 0 Å². The van der Waals surface area contributed by atoms with Crippen molar-refractivity contribution < 1.29 is 4.74 Å². The summed E-state index contributed by atoms with van der Waals surface area (Å²) in [5.74, 6) is 0.889. The van der Waals surface area contributed by atoms with Gasteiger partial charge >= 0.3 is 0 Å². The molecule has 0 bridgehead atoms. The van der Waals surface area contributed by atoms with Crippen LogP contribution in [-0.4, -0.2) is 6.61 Å². The molecular formula is C21H42O. The molecule has 0 aromatic heterocycles. The molecule has 0 amide bonds. The lowest BCUT2D eigenvalue weighted by Crippen LogP contribution is -1.88. The van der Waals surface area contributed by atoms with Gasteiger partial charge in [0.25, 0.3) is 0 Å². The van der Waals surface area contributed by atoms with E-state index in [4.69, 9.17) is 4.74 Å². The maximum Gasteiger partial charge on any atom is 0.0873 e. The zero-order valence-electron chi connectivity index (χ0n) is 15.6. The first-order valence-electron chi connectivity index (χ1n) is 10.00. The smallest absolute Gasteiger partial charge is 0.0873 e. The van der Waals surface area contributed by atoms with E-state index in [9.17, 15) is 0 Å². The van der Waals surface area contributed by atoms with Gasteiger partial charge in [-0.2, -0.15) is 0 Å². The summed E-state index contributed by atoms with van der Waals surface area (Å²) in [6.45, 7) is 9.06. The molecule has 0 saturated heterocycles. The number of hydrogen-bond acceptors (Lipinski definition) is 1. The summed E-state index contributed by atoms with van der Waals surface area (Å²) < 4.78 is 5.12. The highest BCUT2D eigenvalue weighted by molar-refractivity contribution is 4.52. The van der Waals surface area contributed by atoms with Crippen LogP contribution < -0.4 is 0 Å². The molecule has 0 unspecified atom stereocenters. The predicted octanol–water partition coefficient (Wildman–Crippen LogP) is 7.65. The molecule has 0 saturated carbocycles. The van der Waals surface area contributed by atoms with E-state index in [0.29, 0.717) is 0 Å². The Balaban J connectivity index is 2.95. The minimum absolute atomic E-state index is 0.848. The van der Waals surface area contributed by atoms with E-state index < -0.39 is 0 Å². The molecule has 0 atom stereocenters. The third kappa shape index (κ3) is 19.5. The molecule has 0 radical (unpaired) electrons. The second kappa shape index (κ2) is 18.6. The Morgan fingerprint density at radius 3 is 1.36 bits per heavy atom. The van der Waals surface area contributed by atoms with Gasteiger partial charge in [-0.15, -0.1) is 0 Å². The standard InChI is InChI=1S/C21H42O/c1-4-22-20-18-16-14-12-10-8-6-5-7-9-11-13-15-17-19-21(2)3/h4,21H,1,5-20H2,2-3H3. The fourth-order valence-electron chi connectivity index (χ4n) is 2.94. The normalized spacial score (nSPS) is 11.0. The van der Waals surface area contributed by atoms with Crippen molar-refractivity contribution in [2.45, 2.75) is 110 Å². The summed E-state index contributed by atoms with van der Waals surface area (Å²) in [6, 6.07) is 0. The van der Waals surface area contributed by atoms with Crippen molar-refractivity contribution >= 4 is 0 Å². The van der Waals surface area contributed by atoms with Crippen molar-refractivity contribution in [2.24, 2.45) is 5.92 Å². The predicted molar refractivity (Wildman–Crippen MR) is 100 cm³/mol. The van der Waals surface area contributed by atoms with E-state index in [-0.39, 0.29) is 0 Å². The molecule has 0 spiro atoms. The van der Waals surface area contributed by atoms with Crippen LogP contribution in [0, 0.1) is 5.92 Å². The van der Waals surface area contributed by atoms with E-state index in [1.54, 1.807) is 6.26 Å². The van der Waals surface area contributed by atoms with Crippen LogP contribution >= 0.6 is 0 Å². The van der Waals surface area contributed by atoms with Crippen LogP contribution in [0.15, 0.2) is 12.8 Å². The van der Waals surface area contributed by atoms with Gasteiger partial charge in [-0.25, -0.2) is 0 Å². The van der Waals surface area contributed by atoms with Gasteiger partial charge in [-0.05, 0) is 12.3 Å². The lowest BCUT2D eigenvalue weighted by atomic mass is 10.0. The van der Waals surface area contributed by atoms with Crippen molar-refractivity contribution in [2.75, 3.05) is 6.61 Å². The van der Waals surface area contributed by atoms with E-state index in [2.05, 4.69) is 20.4 Å². The molecule has 1 heteroatoms. The first-order chi connectivity index (χ1) is 10.8. The first-order valence-corrected chi connectivity index (χ1v) is 10.00. The summed E-state index contributed by atoms with van der Waals surface area (Å²) in [7, 11) is 0. The Hall–Kier alpha value is -0.460. The molecule has 0 aromatic rings. The van der Waals surface area contributed by atoms with E-state index >= 15 is 0 Å². The molecule has 0 fully saturated rings. The Labute approximate surface area is 140 Å². The molecular weight excluding hydrogens is 268 g/mol. The van der Waals surface area contributed by atoms with Crippen molar-refractivity contribution in [3.63, 3.8) is 0 Å². The summed E-state index contributed by atoms with van der Waals surface area (Å²) >= 11 is 0. The third-order valence-electron chi connectivity index (χ3n) is 4.41. The van der Waals surface area contributed by atoms with Gasteiger partial charge in [-0.3, -0.25) is 0 Å². The van der Waals surface area contributed by atoms with Crippen LogP contribution in [0.25, 0.3) is 0 Å². The quantitative estimate of drug-likeness (QED) is 0.186. The molecule has 132 valence electrons. The zero-order chi connectivity index (χ0) is 16.3. The largest absolute Gasteiger partial charge is 0.502 e. The molecule has 22 heavy (non-hydrogen) atoms. The Kier molecular flexibility index (Phi) is 18.2. The maximum absolute atomic E-state index is 5.12. The van der Waals surface area contributed by atoms with Crippen molar-refractivity contribution in [1.82, 2.24) is 0 Å². The van der Waals surface area contributed by atoms with Gasteiger partial charge in [0.2, 0.25) is 0 Å². The molecule has 0 rings (SSSR count). The summed E-state index contributed by atoms with van der Waals surface area (Å²) in [6.07, 6.45) is 22.8. The van der Waals surface area contributed by atoms with Gasteiger partial charge < -0.3 is 4.74 Å². The van der Waals surface area contributed by atoms with Gasteiger partial charge in [0, 0.05) is 0 Å². The van der Waals surface area contributed by atoms with E-state index in [0.717, 1.165) is 12.5 Å². The molecule has 0 aromatic carbocycles. The van der Waals surface area contributed by atoms with Crippen molar-refractivity contribution in [3.05, 3.63) is 12.8 Å². The topological polar surface area (TPSA) is 9.23 Å². The second-order valence-electron chi connectivity index (χ2n) is 7.17. The zero-order valence-corrected chi connectivity index (χ0v) is 15.6. The van der Waals surface area contributed by atoms with Crippen LogP contribution in [0.4, 0.5) is 0 Å². The van der Waals surface area contributed by atoms with Gasteiger partial charge in [-0.1, -0.05) is 110 Å². The average molecular weight is 311 g/mol. The number of ether oxygens (including phenoxy) is 1. The maximum atomic E-state index is 5.12. The highest BCUT2D eigenvalue weighted by Gasteiger charge is 1.96. The molecule has 1 nitrogen and oxygen atoms in total. The summed E-state index contributed by atoms with van der Waals surface area (Å²) in [4.78, 5) is 0. The lowest BCUT2D eigenvalue weighted by Gasteiger charge is -2.05. The van der Waals surface area contributed by atoms with Gasteiger partial charge in [0.15, 0.2) is 0 Å². The number of hydrogen-bond donors (Lipinski definition) is 0. The van der Waals surface area contributed by atoms with E-state index in [1.807, 2.05) is 0 Å². The third-order valence-corrected chi connectivity index (χ3v) is 4.41. The highest BCUT2D eigenvalue weighted by Crippen LogP contribution is 2.14. The lowest BCUT2D eigenvalue weighted by molar-refractivity contribution is 0.241. The Morgan fingerprint density at radius 2 is 1.00 bits per heavy atom. The van der Waals surface area contributed by atoms with Crippen LogP contribution in [0.1, 0.15) is 110 Å². The molecule has 0 N–H and O–H groups in total. The summed E-state index contributed by atoms with van der Waals surface area (Å²) in [5.41, 5.74) is 0. The van der Waals surface area contributed by atoms with Crippen LogP contribution in [0.5, 0.6) is 0 Å². The van der Waals surface area contributed by atoms with Gasteiger partial charge in [0.05, 0.1) is 12.9 Å². The second-order valence-corrected chi connectivity index (χ2v) is 7.17. The number of rotatable bonds is 18. The molecule has 0 aliphatic carbocycles. The van der Waals surface area contributed by atoms with E-state index in [1.165, 1.54) is 96.3 Å². The first kappa shape index (κ1) is 21.5. The fraction of sp³-hybridized carbons (Fsp3) is 0.905. The van der Waals surface area contributed by atoms with Crippen LogP contribution in [0.2, 0.25) is 0 Å². The Bertz CT molecular complexity index is 210. The monoisotopic (exact) mass is 310 g/mol. The number of unbranched alkanes of at least 4 members (excludes halogenated alkanes) is 13.